The van der Waals surface area contributed by atoms with Crippen LogP contribution in [0.1, 0.15) is 22.3 Å². The van der Waals surface area contributed by atoms with Crippen molar-refractivity contribution < 1.29 is 4.74 Å². The van der Waals surface area contributed by atoms with Gasteiger partial charge in [-0.1, -0.05) is 12.1 Å². The lowest BCUT2D eigenvalue weighted by Gasteiger charge is -2.11. The summed E-state index contributed by atoms with van der Waals surface area (Å²) in [6, 6.07) is 8.09. The van der Waals surface area contributed by atoms with Gasteiger partial charge in [0, 0.05) is 12.3 Å². The third-order valence-corrected chi connectivity index (χ3v) is 3.21. The lowest BCUT2D eigenvalue weighted by molar-refractivity contribution is 0.458. The Morgan fingerprint density at radius 1 is 1.16 bits per heavy atom. The second-order valence-electron chi connectivity index (χ2n) is 4.85. The maximum Gasteiger partial charge on any atom is 0.219 e. The Labute approximate surface area is 114 Å². The van der Waals surface area contributed by atoms with E-state index in [4.69, 9.17) is 10.5 Å². The first-order valence-electron chi connectivity index (χ1n) is 6.51. The molecule has 0 unspecified atom stereocenters. The molecule has 0 bridgehead atoms. The molecule has 0 saturated heterocycles. The van der Waals surface area contributed by atoms with Gasteiger partial charge in [0.15, 0.2) is 0 Å². The fourth-order valence-corrected chi connectivity index (χ4v) is 2.01. The number of rotatable bonds is 4. The van der Waals surface area contributed by atoms with Crippen molar-refractivity contribution in [3.63, 3.8) is 0 Å². The third-order valence-electron chi connectivity index (χ3n) is 3.21. The summed E-state index contributed by atoms with van der Waals surface area (Å²) >= 11 is 0. The number of nitrogens with zero attached hydrogens (tertiary/aromatic N) is 1. The van der Waals surface area contributed by atoms with Crippen LogP contribution in [0.2, 0.25) is 0 Å². The summed E-state index contributed by atoms with van der Waals surface area (Å²) in [6.45, 7) is 6.86. The van der Waals surface area contributed by atoms with Crippen molar-refractivity contribution in [3.8, 4) is 11.6 Å². The molecule has 100 valence electrons. The highest BCUT2D eigenvalue weighted by atomic mass is 16.5. The van der Waals surface area contributed by atoms with Crippen LogP contribution in [0.3, 0.4) is 0 Å². The zero-order chi connectivity index (χ0) is 13.8. The largest absolute Gasteiger partial charge is 0.439 e. The molecule has 0 amide bonds. The van der Waals surface area contributed by atoms with E-state index in [0.29, 0.717) is 12.4 Å². The van der Waals surface area contributed by atoms with E-state index in [2.05, 4.69) is 31.8 Å². The molecule has 0 saturated carbocycles. The number of aryl methyl sites for hydroxylation is 2. The molecule has 3 heteroatoms. The second kappa shape index (κ2) is 5.85. The van der Waals surface area contributed by atoms with Crippen LogP contribution in [0.25, 0.3) is 0 Å². The van der Waals surface area contributed by atoms with Gasteiger partial charge in [0.2, 0.25) is 5.88 Å². The van der Waals surface area contributed by atoms with Crippen molar-refractivity contribution in [2.24, 2.45) is 5.73 Å². The predicted octanol–water partition coefficient (Wildman–Crippen LogP) is 3.30. The first-order chi connectivity index (χ1) is 9.10. The van der Waals surface area contributed by atoms with Crippen LogP contribution in [-0.2, 0) is 6.42 Å². The molecule has 0 spiro atoms. The summed E-state index contributed by atoms with van der Waals surface area (Å²) in [6.07, 6.45) is 2.66. The molecule has 1 heterocycles. The summed E-state index contributed by atoms with van der Waals surface area (Å²) in [5.41, 5.74) is 10.2. The molecule has 0 aliphatic heterocycles. The Hall–Kier alpha value is -1.87. The lowest BCUT2D eigenvalue weighted by Crippen LogP contribution is -2.03. The summed E-state index contributed by atoms with van der Waals surface area (Å²) < 4.78 is 5.86. The zero-order valence-electron chi connectivity index (χ0n) is 11.7. The Morgan fingerprint density at radius 3 is 2.58 bits per heavy atom. The molecule has 0 radical (unpaired) electrons. The summed E-state index contributed by atoms with van der Waals surface area (Å²) in [5, 5.41) is 0. The van der Waals surface area contributed by atoms with Gasteiger partial charge in [-0.2, -0.15) is 0 Å². The number of hydrogen-bond donors (Lipinski definition) is 1. The molecular formula is C16H20N2O. The van der Waals surface area contributed by atoms with E-state index in [1.165, 1.54) is 11.1 Å². The monoisotopic (exact) mass is 256 g/mol. The van der Waals surface area contributed by atoms with Gasteiger partial charge in [0.05, 0.1) is 0 Å². The minimum atomic E-state index is 0.619. The second-order valence-corrected chi connectivity index (χ2v) is 4.85. The van der Waals surface area contributed by atoms with Gasteiger partial charge < -0.3 is 10.5 Å². The van der Waals surface area contributed by atoms with E-state index in [0.717, 1.165) is 23.3 Å². The molecule has 2 N–H and O–H groups in total. The Bertz CT molecular complexity index is 562. The van der Waals surface area contributed by atoms with Crippen LogP contribution in [0.5, 0.6) is 11.6 Å². The number of ether oxygens (including phenoxy) is 1. The highest BCUT2D eigenvalue weighted by molar-refractivity contribution is 5.43. The minimum Gasteiger partial charge on any atom is -0.439 e. The highest BCUT2D eigenvalue weighted by Crippen LogP contribution is 2.27. The van der Waals surface area contributed by atoms with Crippen LogP contribution < -0.4 is 10.5 Å². The van der Waals surface area contributed by atoms with Crippen LogP contribution in [0, 0.1) is 20.8 Å². The lowest BCUT2D eigenvalue weighted by atomic mass is 10.1. The molecule has 1 aromatic carbocycles. The fraction of sp³-hybridized carbons (Fsp3) is 0.312. The normalized spacial score (nSPS) is 10.5. The van der Waals surface area contributed by atoms with E-state index < -0.39 is 0 Å². The first-order valence-corrected chi connectivity index (χ1v) is 6.51. The van der Waals surface area contributed by atoms with Crippen LogP contribution in [0.15, 0.2) is 30.5 Å². The van der Waals surface area contributed by atoms with Crippen molar-refractivity contribution in [2.75, 3.05) is 6.54 Å². The van der Waals surface area contributed by atoms with Gasteiger partial charge in [0.1, 0.15) is 5.75 Å². The van der Waals surface area contributed by atoms with E-state index in [9.17, 15) is 0 Å². The number of benzene rings is 1. The molecular weight excluding hydrogens is 236 g/mol. The molecule has 2 aromatic rings. The maximum absolute atomic E-state index is 5.86. The fourth-order valence-electron chi connectivity index (χ4n) is 2.01. The standard InChI is InChI=1S/C16H20N2O/c1-11-8-12(2)13(3)15(9-11)19-16-5-4-14(6-7-17)10-18-16/h4-5,8-10H,6-7,17H2,1-3H3. The molecule has 0 atom stereocenters. The van der Waals surface area contributed by atoms with Crippen LogP contribution in [0.4, 0.5) is 0 Å². The SMILES string of the molecule is Cc1cc(C)c(C)c(Oc2ccc(CCN)cn2)c1. The van der Waals surface area contributed by atoms with Crippen LogP contribution in [-0.4, -0.2) is 11.5 Å². The number of hydrogen-bond acceptors (Lipinski definition) is 3. The number of nitrogens with two attached hydrogens (primary N) is 1. The average molecular weight is 256 g/mol. The van der Waals surface area contributed by atoms with Crippen molar-refractivity contribution >= 4 is 0 Å². The highest BCUT2D eigenvalue weighted by Gasteiger charge is 2.06. The summed E-state index contributed by atoms with van der Waals surface area (Å²) in [5.74, 6) is 1.49. The first kappa shape index (κ1) is 13.6. The van der Waals surface area contributed by atoms with E-state index in [1.54, 1.807) is 0 Å². The average Bonchev–Trinajstić information content (AvgIpc) is 2.38. The predicted molar refractivity (Wildman–Crippen MR) is 77.7 cm³/mol. The minimum absolute atomic E-state index is 0.619. The van der Waals surface area contributed by atoms with E-state index in [1.807, 2.05) is 24.4 Å². The van der Waals surface area contributed by atoms with E-state index in [-0.39, 0.29) is 0 Å². The third kappa shape index (κ3) is 3.32. The number of pyridine rings is 1. The molecule has 0 aliphatic carbocycles. The molecule has 0 aliphatic rings. The molecule has 1 aromatic heterocycles. The van der Waals surface area contributed by atoms with Crippen molar-refractivity contribution in [2.45, 2.75) is 27.2 Å². The van der Waals surface area contributed by atoms with Gasteiger partial charge in [-0.05, 0) is 62.1 Å². The smallest absolute Gasteiger partial charge is 0.219 e. The molecule has 3 nitrogen and oxygen atoms in total. The number of aromatic nitrogens is 1. The summed E-state index contributed by atoms with van der Waals surface area (Å²) in [4.78, 5) is 4.32. The molecule has 0 fully saturated rings. The topological polar surface area (TPSA) is 48.1 Å². The van der Waals surface area contributed by atoms with Gasteiger partial charge in [-0.25, -0.2) is 4.98 Å². The van der Waals surface area contributed by atoms with Gasteiger partial charge in [-0.15, -0.1) is 0 Å². The van der Waals surface area contributed by atoms with Gasteiger partial charge >= 0.3 is 0 Å². The Balaban J connectivity index is 2.21. The zero-order valence-corrected chi connectivity index (χ0v) is 11.7. The molecule has 2 rings (SSSR count). The van der Waals surface area contributed by atoms with Gasteiger partial charge in [0.25, 0.3) is 0 Å². The van der Waals surface area contributed by atoms with Crippen molar-refractivity contribution in [1.29, 1.82) is 0 Å². The van der Waals surface area contributed by atoms with E-state index >= 15 is 0 Å². The summed E-state index contributed by atoms with van der Waals surface area (Å²) in [7, 11) is 0. The quantitative estimate of drug-likeness (QED) is 0.913. The maximum atomic E-state index is 5.86. The Kier molecular flexibility index (Phi) is 4.17. The molecule has 19 heavy (non-hydrogen) atoms. The van der Waals surface area contributed by atoms with Crippen molar-refractivity contribution in [1.82, 2.24) is 4.98 Å². The Morgan fingerprint density at radius 2 is 1.95 bits per heavy atom. The van der Waals surface area contributed by atoms with Crippen molar-refractivity contribution in [3.05, 3.63) is 52.7 Å². The van der Waals surface area contributed by atoms with Gasteiger partial charge in [-0.3, -0.25) is 0 Å². The van der Waals surface area contributed by atoms with Crippen LogP contribution >= 0.6 is 0 Å².